The van der Waals surface area contributed by atoms with Crippen molar-refractivity contribution < 1.29 is 38.4 Å². The van der Waals surface area contributed by atoms with Crippen LogP contribution in [-0.2, 0) is 33.3 Å². The molecule has 0 bridgehead atoms. The van der Waals surface area contributed by atoms with E-state index in [1.54, 1.807) is 0 Å². The van der Waals surface area contributed by atoms with E-state index in [0.29, 0.717) is 32.5 Å². The fraction of sp³-hybridized carbons (Fsp3) is 0.812. The zero-order valence-electron chi connectivity index (χ0n) is 14.4. The minimum absolute atomic E-state index is 0.0545. The van der Waals surface area contributed by atoms with Crippen LogP contribution in [0.4, 0.5) is 0 Å². The lowest BCUT2D eigenvalue weighted by molar-refractivity contribution is -0.151. The number of carbonyl (C=O) groups excluding carboxylic acids is 2. The number of rotatable bonds is 14. The number of Topliss-reactive ketones (excluding diaryl/α,β-unsaturated/α-hetero) is 1. The van der Waals surface area contributed by atoms with Gasteiger partial charge in [0.05, 0.1) is 45.6 Å². The summed E-state index contributed by atoms with van der Waals surface area (Å²) in [7, 11) is 0. The third-order valence-electron chi connectivity index (χ3n) is 3.52. The molecule has 0 spiro atoms. The van der Waals surface area contributed by atoms with Crippen molar-refractivity contribution in [3.05, 3.63) is 0 Å². The molecule has 1 rings (SSSR count). The highest BCUT2D eigenvalue weighted by Crippen LogP contribution is 2.06. The summed E-state index contributed by atoms with van der Waals surface area (Å²) in [4.78, 5) is 32.3. The molecule has 25 heavy (non-hydrogen) atoms. The fourth-order valence-corrected chi connectivity index (χ4v) is 2.17. The number of ketones is 1. The molecule has 0 amide bonds. The average Bonchev–Trinajstić information content (AvgIpc) is 2.62. The van der Waals surface area contributed by atoms with Crippen LogP contribution in [0.15, 0.2) is 0 Å². The predicted molar refractivity (Wildman–Crippen MR) is 86.3 cm³/mol. The highest BCUT2D eigenvalue weighted by molar-refractivity contribution is 6.32. The van der Waals surface area contributed by atoms with Gasteiger partial charge in [-0.15, -0.1) is 0 Å². The van der Waals surface area contributed by atoms with E-state index in [-0.39, 0.29) is 26.1 Å². The van der Waals surface area contributed by atoms with Gasteiger partial charge in [0.15, 0.2) is 0 Å². The molecule has 144 valence electrons. The number of hydrogen-bond donors (Lipinski definition) is 2. The van der Waals surface area contributed by atoms with Crippen LogP contribution in [0.3, 0.4) is 0 Å². The van der Waals surface area contributed by atoms with E-state index in [9.17, 15) is 14.4 Å². The molecule has 1 aliphatic rings. The summed E-state index contributed by atoms with van der Waals surface area (Å²) >= 11 is 0. The molecular formula is C16H27NO8. The largest absolute Gasteiger partial charge is 0.476 e. The summed E-state index contributed by atoms with van der Waals surface area (Å²) in [6, 6.07) is 0. The Morgan fingerprint density at radius 2 is 1.48 bits per heavy atom. The molecule has 9 heteroatoms. The number of piperidine rings is 1. The van der Waals surface area contributed by atoms with Gasteiger partial charge in [-0.2, -0.15) is 0 Å². The number of carbonyl (C=O) groups is 3. The molecular weight excluding hydrogens is 334 g/mol. The fourth-order valence-electron chi connectivity index (χ4n) is 2.17. The highest BCUT2D eigenvalue weighted by atomic mass is 16.6. The van der Waals surface area contributed by atoms with E-state index < -0.39 is 17.7 Å². The lowest BCUT2D eigenvalue weighted by atomic mass is 10.1. The van der Waals surface area contributed by atoms with Gasteiger partial charge in [0.2, 0.25) is 5.78 Å². The van der Waals surface area contributed by atoms with Crippen molar-refractivity contribution in [2.75, 3.05) is 52.7 Å². The summed E-state index contributed by atoms with van der Waals surface area (Å²) < 4.78 is 21.1. The highest BCUT2D eigenvalue weighted by Gasteiger charge is 2.14. The normalized spacial score (nSPS) is 15.0. The summed E-state index contributed by atoms with van der Waals surface area (Å²) in [5.74, 6) is -3.17. The Kier molecular flexibility index (Phi) is 11.8. The molecule has 1 fully saturated rings. The van der Waals surface area contributed by atoms with Gasteiger partial charge in [0, 0.05) is 6.42 Å². The molecule has 0 aromatic rings. The molecule has 0 aliphatic carbocycles. The topological polar surface area (TPSA) is 120 Å². The molecule has 0 radical (unpaired) electrons. The molecule has 0 atom stereocenters. The summed E-state index contributed by atoms with van der Waals surface area (Å²) in [6.07, 6.45) is 1.79. The predicted octanol–water partition coefficient (Wildman–Crippen LogP) is -0.235. The van der Waals surface area contributed by atoms with Gasteiger partial charge in [-0.05, 0) is 25.9 Å². The van der Waals surface area contributed by atoms with Crippen molar-refractivity contribution in [3.63, 3.8) is 0 Å². The van der Waals surface area contributed by atoms with Gasteiger partial charge in [-0.1, -0.05) is 0 Å². The number of nitrogens with one attached hydrogen (secondary N) is 1. The minimum atomic E-state index is -1.54. The van der Waals surface area contributed by atoms with E-state index in [1.165, 1.54) is 0 Å². The van der Waals surface area contributed by atoms with Gasteiger partial charge in [0.25, 0.3) is 0 Å². The second kappa shape index (κ2) is 13.7. The van der Waals surface area contributed by atoms with Gasteiger partial charge >= 0.3 is 11.9 Å². The maximum Gasteiger partial charge on any atom is 0.372 e. The van der Waals surface area contributed by atoms with Crippen molar-refractivity contribution in [2.45, 2.75) is 31.8 Å². The first-order valence-corrected chi connectivity index (χ1v) is 8.49. The van der Waals surface area contributed by atoms with Crippen LogP contribution in [0.1, 0.15) is 25.7 Å². The molecule has 0 aromatic heterocycles. The SMILES string of the molecule is O=C(CCC(=O)C(=O)O)OCCOCCOCCOC1CCNCC1. The van der Waals surface area contributed by atoms with Crippen molar-refractivity contribution >= 4 is 17.7 Å². The maximum absolute atomic E-state index is 11.2. The molecule has 1 heterocycles. The Hall–Kier alpha value is -1.55. The molecule has 2 N–H and O–H groups in total. The van der Waals surface area contributed by atoms with Crippen LogP contribution in [0, 0.1) is 0 Å². The van der Waals surface area contributed by atoms with Crippen LogP contribution in [0.25, 0.3) is 0 Å². The number of aliphatic carboxylic acids is 1. The Morgan fingerprint density at radius 3 is 2.12 bits per heavy atom. The quantitative estimate of drug-likeness (QED) is 0.245. The van der Waals surface area contributed by atoms with Crippen molar-refractivity contribution in [2.24, 2.45) is 0 Å². The number of carboxylic acids is 1. The Morgan fingerprint density at radius 1 is 0.880 bits per heavy atom. The first-order valence-electron chi connectivity index (χ1n) is 8.49. The van der Waals surface area contributed by atoms with Crippen LogP contribution in [-0.4, -0.2) is 81.7 Å². The van der Waals surface area contributed by atoms with E-state index >= 15 is 0 Å². The molecule has 0 unspecified atom stereocenters. The van der Waals surface area contributed by atoms with Gasteiger partial charge in [0.1, 0.15) is 6.61 Å². The van der Waals surface area contributed by atoms with Crippen LogP contribution in [0.2, 0.25) is 0 Å². The van der Waals surface area contributed by atoms with Crippen molar-refractivity contribution in [3.8, 4) is 0 Å². The van der Waals surface area contributed by atoms with E-state index in [1.807, 2.05) is 0 Å². The molecule has 1 saturated heterocycles. The van der Waals surface area contributed by atoms with E-state index in [0.717, 1.165) is 25.9 Å². The first-order chi connectivity index (χ1) is 12.1. The van der Waals surface area contributed by atoms with Crippen molar-refractivity contribution in [1.29, 1.82) is 0 Å². The van der Waals surface area contributed by atoms with E-state index in [2.05, 4.69) is 5.32 Å². The summed E-state index contributed by atoms with van der Waals surface area (Å²) in [5.41, 5.74) is 0. The Balaban J connectivity index is 1.81. The zero-order valence-corrected chi connectivity index (χ0v) is 14.4. The van der Waals surface area contributed by atoms with Gasteiger partial charge in [-0.25, -0.2) is 4.79 Å². The lowest BCUT2D eigenvalue weighted by Gasteiger charge is -2.22. The Bertz CT molecular complexity index is 409. The summed E-state index contributed by atoms with van der Waals surface area (Å²) in [6.45, 7) is 4.16. The number of ether oxygens (including phenoxy) is 4. The third-order valence-corrected chi connectivity index (χ3v) is 3.52. The number of esters is 1. The Labute approximate surface area is 146 Å². The lowest BCUT2D eigenvalue weighted by Crippen LogP contribution is -2.33. The maximum atomic E-state index is 11.2. The summed E-state index contributed by atoms with van der Waals surface area (Å²) in [5, 5.41) is 11.6. The van der Waals surface area contributed by atoms with Crippen LogP contribution in [0.5, 0.6) is 0 Å². The number of carboxylic acid groups (broad SMARTS) is 1. The molecule has 1 aliphatic heterocycles. The average molecular weight is 361 g/mol. The molecule has 0 aromatic carbocycles. The zero-order chi connectivity index (χ0) is 18.3. The monoisotopic (exact) mass is 361 g/mol. The van der Waals surface area contributed by atoms with Crippen LogP contribution >= 0.6 is 0 Å². The smallest absolute Gasteiger partial charge is 0.372 e. The molecule has 0 saturated carbocycles. The standard InChI is InChI=1S/C16H27NO8/c18-14(16(20)21)1-2-15(19)25-12-10-23-8-7-22-9-11-24-13-3-5-17-6-4-13/h13,17H,1-12H2,(H,20,21). The van der Waals surface area contributed by atoms with E-state index in [4.69, 9.17) is 24.1 Å². The van der Waals surface area contributed by atoms with Gasteiger partial charge in [-0.3, -0.25) is 9.59 Å². The number of hydrogen-bond acceptors (Lipinski definition) is 8. The second-order valence-electron chi connectivity index (χ2n) is 5.49. The van der Waals surface area contributed by atoms with Crippen LogP contribution < -0.4 is 5.32 Å². The van der Waals surface area contributed by atoms with Crippen molar-refractivity contribution in [1.82, 2.24) is 5.32 Å². The first kappa shape index (κ1) is 21.5. The third kappa shape index (κ3) is 11.6. The second-order valence-corrected chi connectivity index (χ2v) is 5.49. The minimum Gasteiger partial charge on any atom is -0.476 e. The molecule has 9 nitrogen and oxygen atoms in total. The van der Waals surface area contributed by atoms with Gasteiger partial charge < -0.3 is 29.4 Å².